The Labute approximate surface area is 110 Å². The number of carbonyl (C=O) groups is 1. The first-order valence-electron chi connectivity index (χ1n) is 6.69. The van der Waals surface area contributed by atoms with E-state index in [4.69, 9.17) is 5.73 Å². The first-order chi connectivity index (χ1) is 8.58. The summed E-state index contributed by atoms with van der Waals surface area (Å²) in [5.41, 5.74) is 7.69. The van der Waals surface area contributed by atoms with Gasteiger partial charge in [-0.15, -0.1) is 0 Å². The van der Waals surface area contributed by atoms with E-state index in [1.54, 1.807) is 0 Å². The van der Waals surface area contributed by atoms with E-state index in [1.165, 1.54) is 0 Å². The van der Waals surface area contributed by atoms with E-state index in [2.05, 4.69) is 13.8 Å². The largest absolute Gasteiger partial charge is 0.398 e. The minimum absolute atomic E-state index is 0.218. The van der Waals surface area contributed by atoms with Gasteiger partial charge in [-0.25, -0.2) is 0 Å². The molecule has 0 aliphatic heterocycles. The normalized spacial score (nSPS) is 12.2. The second-order valence-corrected chi connectivity index (χ2v) is 4.82. The Balaban J connectivity index is 2.67. The van der Waals surface area contributed by atoms with Gasteiger partial charge in [0.1, 0.15) is 0 Å². The molecule has 1 amide bonds. The highest BCUT2D eigenvalue weighted by molar-refractivity contribution is 5.76. The van der Waals surface area contributed by atoms with E-state index < -0.39 is 0 Å². The molecule has 3 heteroatoms. The van der Waals surface area contributed by atoms with Gasteiger partial charge in [-0.05, 0) is 24.5 Å². The van der Waals surface area contributed by atoms with E-state index >= 15 is 0 Å². The highest BCUT2D eigenvalue weighted by atomic mass is 16.2. The number of carbonyl (C=O) groups excluding carboxylic acids is 1. The van der Waals surface area contributed by atoms with E-state index in [9.17, 15) is 4.79 Å². The third kappa shape index (κ3) is 4.06. The van der Waals surface area contributed by atoms with Crippen LogP contribution in [-0.2, 0) is 11.3 Å². The lowest BCUT2D eigenvalue weighted by atomic mass is 10.0. The highest BCUT2D eigenvalue weighted by Crippen LogP contribution is 2.16. The number of hydrogen-bond acceptors (Lipinski definition) is 2. The molecule has 18 heavy (non-hydrogen) atoms. The molecule has 0 heterocycles. The second kappa shape index (κ2) is 7.04. The number of nitrogens with zero attached hydrogens (tertiary/aromatic N) is 1. The molecule has 0 aliphatic rings. The third-order valence-corrected chi connectivity index (χ3v) is 3.37. The molecule has 0 aromatic heterocycles. The maximum atomic E-state index is 12.1. The summed E-state index contributed by atoms with van der Waals surface area (Å²) >= 11 is 0. The van der Waals surface area contributed by atoms with Crippen molar-refractivity contribution in [2.24, 2.45) is 5.92 Å². The molecule has 100 valence electrons. The number of nitrogens with two attached hydrogens (primary N) is 1. The van der Waals surface area contributed by atoms with Crippen molar-refractivity contribution in [3.63, 3.8) is 0 Å². The van der Waals surface area contributed by atoms with Crippen molar-refractivity contribution < 1.29 is 4.79 Å². The number of para-hydroxylation sites is 1. The van der Waals surface area contributed by atoms with Gasteiger partial charge in [0.25, 0.3) is 0 Å². The standard InChI is InChI=1S/C15H24N2O/c1-4-12(3)10-15(18)17(5-2)11-13-8-6-7-9-14(13)16/h6-9,12H,4-5,10-11,16H2,1-3H3. The van der Waals surface area contributed by atoms with Gasteiger partial charge in [0.05, 0.1) is 0 Å². The molecule has 1 aromatic rings. The maximum absolute atomic E-state index is 12.1. The lowest BCUT2D eigenvalue weighted by molar-refractivity contribution is -0.132. The molecule has 3 nitrogen and oxygen atoms in total. The maximum Gasteiger partial charge on any atom is 0.223 e. The van der Waals surface area contributed by atoms with Gasteiger partial charge in [-0.3, -0.25) is 4.79 Å². The van der Waals surface area contributed by atoms with Gasteiger partial charge in [0.15, 0.2) is 0 Å². The monoisotopic (exact) mass is 248 g/mol. The van der Waals surface area contributed by atoms with Crippen molar-refractivity contribution >= 4 is 11.6 Å². The van der Waals surface area contributed by atoms with Crippen molar-refractivity contribution in [1.82, 2.24) is 4.90 Å². The van der Waals surface area contributed by atoms with Gasteiger partial charge in [-0.2, -0.15) is 0 Å². The highest BCUT2D eigenvalue weighted by Gasteiger charge is 2.15. The van der Waals surface area contributed by atoms with Crippen LogP contribution in [0, 0.1) is 5.92 Å². The molecule has 0 fully saturated rings. The Morgan fingerprint density at radius 3 is 2.56 bits per heavy atom. The van der Waals surface area contributed by atoms with Gasteiger partial charge < -0.3 is 10.6 Å². The fourth-order valence-electron chi connectivity index (χ4n) is 1.83. The lowest BCUT2D eigenvalue weighted by Gasteiger charge is -2.23. The lowest BCUT2D eigenvalue weighted by Crippen LogP contribution is -2.31. The molecule has 2 N–H and O–H groups in total. The fraction of sp³-hybridized carbons (Fsp3) is 0.533. The number of nitrogen functional groups attached to an aromatic ring is 1. The Kier molecular flexibility index (Phi) is 5.69. The minimum atomic E-state index is 0.218. The molecule has 0 saturated carbocycles. The van der Waals surface area contributed by atoms with Crippen molar-refractivity contribution in [2.45, 2.75) is 40.2 Å². The zero-order valence-corrected chi connectivity index (χ0v) is 11.6. The third-order valence-electron chi connectivity index (χ3n) is 3.37. The van der Waals surface area contributed by atoms with Crippen LogP contribution in [0.1, 0.15) is 39.2 Å². The molecule has 1 aromatic carbocycles. The van der Waals surface area contributed by atoms with Crippen LogP contribution in [0.25, 0.3) is 0 Å². The number of rotatable bonds is 6. The zero-order chi connectivity index (χ0) is 13.5. The van der Waals surface area contributed by atoms with E-state index in [-0.39, 0.29) is 5.91 Å². The molecule has 1 atom stereocenters. The number of anilines is 1. The molecule has 1 rings (SSSR count). The van der Waals surface area contributed by atoms with Crippen LogP contribution < -0.4 is 5.73 Å². The van der Waals surface area contributed by atoms with E-state index in [0.717, 1.165) is 24.2 Å². The summed E-state index contributed by atoms with van der Waals surface area (Å²) < 4.78 is 0. The second-order valence-electron chi connectivity index (χ2n) is 4.82. The molecular formula is C15H24N2O. The topological polar surface area (TPSA) is 46.3 Å². The summed E-state index contributed by atoms with van der Waals surface area (Å²) in [6, 6.07) is 7.73. The first kappa shape index (κ1) is 14.6. The molecule has 1 unspecified atom stereocenters. The van der Waals surface area contributed by atoms with Gasteiger partial charge in [0, 0.05) is 25.2 Å². The average Bonchev–Trinajstić information content (AvgIpc) is 2.37. The minimum Gasteiger partial charge on any atom is -0.398 e. The van der Waals surface area contributed by atoms with E-state index in [0.29, 0.717) is 18.9 Å². The van der Waals surface area contributed by atoms with Crippen LogP contribution in [-0.4, -0.2) is 17.4 Å². The Hall–Kier alpha value is -1.51. The zero-order valence-electron chi connectivity index (χ0n) is 11.6. The predicted octanol–water partition coefficient (Wildman–Crippen LogP) is 3.05. The Bertz CT molecular complexity index is 390. The Morgan fingerprint density at radius 2 is 2.00 bits per heavy atom. The molecule has 0 spiro atoms. The Morgan fingerprint density at radius 1 is 1.33 bits per heavy atom. The molecule has 0 radical (unpaired) electrons. The van der Waals surface area contributed by atoms with Crippen LogP contribution in [0.2, 0.25) is 0 Å². The van der Waals surface area contributed by atoms with Crippen molar-refractivity contribution in [1.29, 1.82) is 0 Å². The van der Waals surface area contributed by atoms with Crippen LogP contribution >= 0.6 is 0 Å². The van der Waals surface area contributed by atoms with Gasteiger partial charge in [0.2, 0.25) is 5.91 Å². The van der Waals surface area contributed by atoms with E-state index in [1.807, 2.05) is 36.1 Å². The summed E-state index contributed by atoms with van der Waals surface area (Å²) in [6.07, 6.45) is 1.66. The van der Waals surface area contributed by atoms with Crippen molar-refractivity contribution in [2.75, 3.05) is 12.3 Å². The van der Waals surface area contributed by atoms with Crippen LogP contribution in [0.15, 0.2) is 24.3 Å². The predicted molar refractivity (Wildman–Crippen MR) is 76.0 cm³/mol. The number of amides is 1. The molecule has 0 saturated heterocycles. The summed E-state index contributed by atoms with van der Waals surface area (Å²) in [5, 5.41) is 0. The number of benzene rings is 1. The quantitative estimate of drug-likeness (QED) is 0.786. The van der Waals surface area contributed by atoms with Crippen LogP contribution in [0.4, 0.5) is 5.69 Å². The van der Waals surface area contributed by atoms with Crippen LogP contribution in [0.3, 0.4) is 0 Å². The summed E-state index contributed by atoms with van der Waals surface area (Å²) in [5.74, 6) is 0.662. The smallest absolute Gasteiger partial charge is 0.223 e. The molecular weight excluding hydrogens is 224 g/mol. The van der Waals surface area contributed by atoms with Crippen molar-refractivity contribution in [3.05, 3.63) is 29.8 Å². The number of hydrogen-bond donors (Lipinski definition) is 1. The molecule has 0 bridgehead atoms. The summed E-state index contributed by atoms with van der Waals surface area (Å²) in [7, 11) is 0. The fourth-order valence-corrected chi connectivity index (χ4v) is 1.83. The van der Waals surface area contributed by atoms with Gasteiger partial charge in [-0.1, -0.05) is 38.5 Å². The first-order valence-corrected chi connectivity index (χ1v) is 6.69. The summed E-state index contributed by atoms with van der Waals surface area (Å²) in [6.45, 7) is 7.57. The van der Waals surface area contributed by atoms with Gasteiger partial charge >= 0.3 is 0 Å². The summed E-state index contributed by atoms with van der Waals surface area (Å²) in [4.78, 5) is 14.0. The molecule has 0 aliphatic carbocycles. The average molecular weight is 248 g/mol. The van der Waals surface area contributed by atoms with Crippen LogP contribution in [0.5, 0.6) is 0 Å². The SMILES string of the molecule is CCC(C)CC(=O)N(CC)Cc1ccccc1N. The van der Waals surface area contributed by atoms with Crippen molar-refractivity contribution in [3.8, 4) is 0 Å².